The number of hydrogen-bond acceptors (Lipinski definition) is 5. The summed E-state index contributed by atoms with van der Waals surface area (Å²) in [6, 6.07) is 2.79. The highest BCUT2D eigenvalue weighted by molar-refractivity contribution is 6.05. The Bertz CT molecular complexity index is 1040. The number of aromatic nitrogens is 2. The van der Waals surface area contributed by atoms with E-state index in [9.17, 15) is 13.9 Å². The molecule has 3 rings (SSSR count). The van der Waals surface area contributed by atoms with Gasteiger partial charge in [-0.05, 0) is 26.0 Å². The Morgan fingerprint density at radius 2 is 1.96 bits per heavy atom. The minimum Gasteiger partial charge on any atom is -0.508 e. The summed E-state index contributed by atoms with van der Waals surface area (Å²) in [6.07, 6.45) is 0. The van der Waals surface area contributed by atoms with Gasteiger partial charge in [-0.2, -0.15) is 9.49 Å². The van der Waals surface area contributed by atoms with Gasteiger partial charge < -0.3 is 20.5 Å². The highest BCUT2D eigenvalue weighted by atomic mass is 19.1. The number of phenolic OH excluding ortho intramolecular Hbond substituents is 1. The summed E-state index contributed by atoms with van der Waals surface area (Å²) in [5.41, 5.74) is 6.92. The maximum atomic E-state index is 14.4. The largest absolute Gasteiger partial charge is 0.508 e. The summed E-state index contributed by atoms with van der Waals surface area (Å²) in [5, 5.41) is 25.8. The molecule has 26 heavy (non-hydrogen) atoms. The monoisotopic (exact) mass is 362 g/mol. The molecule has 0 atom stereocenters. The number of halogens is 2. The Morgan fingerprint density at radius 3 is 2.50 bits per heavy atom. The van der Waals surface area contributed by atoms with Crippen LogP contribution in [0.15, 0.2) is 27.8 Å². The van der Waals surface area contributed by atoms with E-state index in [1.807, 2.05) is 0 Å². The Hall–Kier alpha value is -3.36. The average Bonchev–Trinajstić information content (AvgIpc) is 3.03. The zero-order valence-corrected chi connectivity index (χ0v) is 14.2. The molecule has 0 spiro atoms. The number of hydrogen-bond donors (Lipinski definition) is 3. The van der Waals surface area contributed by atoms with Crippen LogP contribution in [0.5, 0.6) is 5.75 Å². The van der Waals surface area contributed by atoms with Gasteiger partial charge in [0.1, 0.15) is 28.7 Å². The molecular formula is C17H16F2N4O3. The maximum Gasteiger partial charge on any atom is 0.281 e. The van der Waals surface area contributed by atoms with Gasteiger partial charge >= 0.3 is 0 Å². The molecule has 0 amide bonds. The van der Waals surface area contributed by atoms with Crippen LogP contribution in [-0.4, -0.2) is 25.9 Å². The molecule has 7 nitrogen and oxygen atoms in total. The van der Waals surface area contributed by atoms with E-state index in [4.69, 9.17) is 15.4 Å². The van der Waals surface area contributed by atoms with Crippen molar-refractivity contribution in [3.8, 4) is 28.1 Å². The second-order valence-electron chi connectivity index (χ2n) is 5.78. The molecular weight excluding hydrogens is 346 g/mol. The van der Waals surface area contributed by atoms with Crippen molar-refractivity contribution in [1.29, 1.82) is 0 Å². The summed E-state index contributed by atoms with van der Waals surface area (Å²) in [5.74, 6) is -1.02. The number of nitrogens with two attached hydrogens (primary N) is 1. The molecule has 3 aromatic rings. The van der Waals surface area contributed by atoms with Gasteiger partial charge in [0.25, 0.3) is 6.01 Å². The lowest BCUT2D eigenvalue weighted by Gasteiger charge is -2.08. The fraction of sp³-hybridized carbons (Fsp3) is 0.176. The molecule has 0 unspecified atom stereocenters. The van der Waals surface area contributed by atoms with Crippen LogP contribution in [0.2, 0.25) is 0 Å². The molecule has 0 radical (unpaired) electrons. The zero-order chi connectivity index (χ0) is 19.2. The normalized spacial score (nSPS) is 12.0. The fourth-order valence-corrected chi connectivity index (χ4v) is 2.97. The first-order chi connectivity index (χ1) is 12.3. The van der Waals surface area contributed by atoms with Crippen molar-refractivity contribution in [3.63, 3.8) is 0 Å². The molecule has 0 bridgehead atoms. The molecule has 136 valence electrons. The van der Waals surface area contributed by atoms with Crippen LogP contribution in [0.4, 0.5) is 8.78 Å². The third-order valence-corrected chi connectivity index (χ3v) is 4.12. The Morgan fingerprint density at radius 1 is 1.27 bits per heavy atom. The van der Waals surface area contributed by atoms with Crippen molar-refractivity contribution in [2.24, 2.45) is 17.9 Å². The second-order valence-corrected chi connectivity index (χ2v) is 5.78. The van der Waals surface area contributed by atoms with Crippen molar-refractivity contribution in [2.75, 3.05) is 0 Å². The first-order valence-corrected chi connectivity index (χ1v) is 7.55. The van der Waals surface area contributed by atoms with E-state index in [-0.39, 0.29) is 45.4 Å². The summed E-state index contributed by atoms with van der Waals surface area (Å²) in [6.45, 7) is 3.05. The molecule has 0 aliphatic heterocycles. The van der Waals surface area contributed by atoms with Crippen molar-refractivity contribution >= 4 is 5.84 Å². The van der Waals surface area contributed by atoms with E-state index in [0.717, 1.165) is 6.07 Å². The smallest absolute Gasteiger partial charge is 0.281 e. The summed E-state index contributed by atoms with van der Waals surface area (Å²) in [4.78, 5) is 0. The standard InChI is InChI=1S/C17H16F2N4O3/c1-7-12(8(2)26-16(7)19)13-14(10-5-4-9(24)6-11(10)18)21-23(3)15(13)17(20)22-25/h4-6,24-25H,1-3H3,(H2,20,22). The van der Waals surface area contributed by atoms with Crippen molar-refractivity contribution in [2.45, 2.75) is 13.8 Å². The van der Waals surface area contributed by atoms with Crippen LogP contribution >= 0.6 is 0 Å². The van der Waals surface area contributed by atoms with E-state index in [1.165, 1.54) is 30.8 Å². The number of nitrogens with zero attached hydrogens (tertiary/aromatic N) is 3. The van der Waals surface area contributed by atoms with Crippen LogP contribution in [-0.2, 0) is 7.05 Å². The molecule has 0 saturated carbocycles. The van der Waals surface area contributed by atoms with Crippen molar-refractivity contribution in [3.05, 3.63) is 47.0 Å². The topological polar surface area (TPSA) is 110 Å². The van der Waals surface area contributed by atoms with Crippen LogP contribution < -0.4 is 5.73 Å². The van der Waals surface area contributed by atoms with Crippen molar-refractivity contribution in [1.82, 2.24) is 9.78 Å². The number of phenols is 1. The van der Waals surface area contributed by atoms with E-state index < -0.39 is 11.8 Å². The third kappa shape index (κ3) is 2.57. The molecule has 0 aliphatic rings. The Balaban J connectivity index is 2.44. The predicted molar refractivity (Wildman–Crippen MR) is 89.9 cm³/mol. The molecule has 0 fully saturated rings. The molecule has 2 heterocycles. The number of aryl methyl sites for hydroxylation is 2. The van der Waals surface area contributed by atoms with Crippen molar-refractivity contribution < 1.29 is 23.5 Å². The van der Waals surface area contributed by atoms with E-state index in [1.54, 1.807) is 6.92 Å². The Labute approximate surface area is 147 Å². The second kappa shape index (κ2) is 6.17. The summed E-state index contributed by atoms with van der Waals surface area (Å²) >= 11 is 0. The number of amidine groups is 1. The number of benzene rings is 1. The van der Waals surface area contributed by atoms with Gasteiger partial charge in [0, 0.05) is 35.4 Å². The maximum absolute atomic E-state index is 14.4. The average molecular weight is 362 g/mol. The predicted octanol–water partition coefficient (Wildman–Crippen LogP) is 3.04. The molecule has 2 aromatic heterocycles. The molecule has 4 N–H and O–H groups in total. The van der Waals surface area contributed by atoms with Gasteiger partial charge in [0.2, 0.25) is 0 Å². The SMILES string of the molecule is Cc1oc(F)c(C)c1-c1c(-c2ccc(O)cc2F)nn(C)c1/C(N)=N/O. The van der Waals surface area contributed by atoms with Gasteiger partial charge in [0.15, 0.2) is 5.84 Å². The van der Waals surface area contributed by atoms with Gasteiger partial charge in [-0.15, -0.1) is 0 Å². The third-order valence-electron chi connectivity index (χ3n) is 4.12. The minimum absolute atomic E-state index is 0.0609. The lowest BCUT2D eigenvalue weighted by molar-refractivity contribution is 0.318. The fourth-order valence-electron chi connectivity index (χ4n) is 2.97. The quantitative estimate of drug-likeness (QED) is 0.287. The van der Waals surface area contributed by atoms with Gasteiger partial charge in [-0.1, -0.05) is 5.16 Å². The lowest BCUT2D eigenvalue weighted by Crippen LogP contribution is -2.18. The van der Waals surface area contributed by atoms with Gasteiger partial charge in [0.05, 0.1) is 0 Å². The number of oxime groups is 1. The summed E-state index contributed by atoms with van der Waals surface area (Å²) < 4.78 is 34.7. The molecule has 0 aliphatic carbocycles. The first kappa shape index (κ1) is 17.5. The highest BCUT2D eigenvalue weighted by Crippen LogP contribution is 2.40. The highest BCUT2D eigenvalue weighted by Gasteiger charge is 2.29. The minimum atomic E-state index is -0.788. The molecule has 9 heteroatoms. The lowest BCUT2D eigenvalue weighted by atomic mass is 9.96. The van der Waals surface area contributed by atoms with Crippen LogP contribution in [0, 0.1) is 25.7 Å². The van der Waals surface area contributed by atoms with Gasteiger partial charge in [-0.3, -0.25) is 4.68 Å². The van der Waals surface area contributed by atoms with E-state index in [0.29, 0.717) is 5.56 Å². The molecule has 1 aromatic carbocycles. The summed E-state index contributed by atoms with van der Waals surface area (Å²) in [7, 11) is 1.53. The van der Waals surface area contributed by atoms with Crippen LogP contribution in [0.3, 0.4) is 0 Å². The number of rotatable bonds is 3. The number of furan rings is 1. The molecule has 0 saturated heterocycles. The van der Waals surface area contributed by atoms with E-state index in [2.05, 4.69) is 10.3 Å². The Kier molecular flexibility index (Phi) is 4.15. The van der Waals surface area contributed by atoms with E-state index >= 15 is 0 Å². The van der Waals surface area contributed by atoms with Gasteiger partial charge in [-0.25, -0.2) is 4.39 Å². The zero-order valence-electron chi connectivity index (χ0n) is 14.2. The van der Waals surface area contributed by atoms with Crippen LogP contribution in [0.1, 0.15) is 17.0 Å². The number of aromatic hydroxyl groups is 1. The van der Waals surface area contributed by atoms with Crippen LogP contribution in [0.25, 0.3) is 22.4 Å². The first-order valence-electron chi connectivity index (χ1n) is 7.55.